The fraction of sp³-hybridized carbons (Fsp3) is 0.125. The van der Waals surface area contributed by atoms with Crippen molar-refractivity contribution in [3.8, 4) is 16.9 Å². The Hall–Kier alpha value is -2.45. The predicted octanol–water partition coefficient (Wildman–Crippen LogP) is 2.47. The molecule has 2 aliphatic rings. The van der Waals surface area contributed by atoms with Gasteiger partial charge in [-0.1, -0.05) is 18.2 Å². The van der Waals surface area contributed by atoms with E-state index in [2.05, 4.69) is 5.10 Å². The first kappa shape index (κ1) is 15.1. The van der Waals surface area contributed by atoms with Crippen LogP contribution in [0.1, 0.15) is 4.88 Å². The quantitative estimate of drug-likeness (QED) is 0.551. The van der Waals surface area contributed by atoms with Crippen molar-refractivity contribution in [3.05, 3.63) is 57.1 Å². The second kappa shape index (κ2) is 5.02. The zero-order chi connectivity index (χ0) is 17.1. The molecular weight excluding hydrogens is 346 g/mol. The predicted molar refractivity (Wildman–Crippen MR) is 94.8 cm³/mol. The van der Waals surface area contributed by atoms with Gasteiger partial charge in [-0.25, -0.2) is 12.4 Å². The van der Waals surface area contributed by atoms with Gasteiger partial charge in [0.2, 0.25) is 10.0 Å². The van der Waals surface area contributed by atoms with Gasteiger partial charge >= 0.3 is 0 Å². The molecule has 2 aliphatic heterocycles. The standard InChI is InChI=1S/C16H13N3O3S2/c1-10-7-11(9-23-10)19-16(20)13-8-18(24(2,21)22)14-6-4-3-5-12(14)15(13)17-19/h3-9H,1-2H3. The number of rotatable bonds is 2. The molecule has 0 amide bonds. The van der Waals surface area contributed by atoms with Crippen molar-refractivity contribution in [2.45, 2.75) is 6.92 Å². The summed E-state index contributed by atoms with van der Waals surface area (Å²) >= 11 is 1.53. The first-order valence-electron chi connectivity index (χ1n) is 7.15. The van der Waals surface area contributed by atoms with Gasteiger partial charge in [-0.15, -0.1) is 11.3 Å². The molecule has 0 unspecified atom stereocenters. The average Bonchev–Trinajstić information content (AvgIpc) is 3.09. The van der Waals surface area contributed by atoms with Gasteiger partial charge in [0.1, 0.15) is 5.69 Å². The van der Waals surface area contributed by atoms with Crippen LogP contribution in [0.3, 0.4) is 0 Å². The molecule has 0 bridgehead atoms. The molecule has 3 heterocycles. The van der Waals surface area contributed by atoms with Gasteiger partial charge in [-0.3, -0.25) is 4.79 Å². The maximum absolute atomic E-state index is 12.8. The molecule has 24 heavy (non-hydrogen) atoms. The highest BCUT2D eigenvalue weighted by atomic mass is 32.2. The maximum Gasteiger partial charge on any atom is 0.282 e. The second-order valence-electron chi connectivity index (χ2n) is 5.60. The lowest BCUT2D eigenvalue weighted by atomic mass is 10.1. The highest BCUT2D eigenvalue weighted by Gasteiger charge is 2.23. The van der Waals surface area contributed by atoms with Gasteiger partial charge in [0.25, 0.3) is 5.56 Å². The molecule has 0 saturated heterocycles. The molecule has 8 heteroatoms. The molecule has 1 aromatic heterocycles. The summed E-state index contributed by atoms with van der Waals surface area (Å²) in [6.07, 6.45) is 2.47. The third-order valence-electron chi connectivity index (χ3n) is 3.84. The van der Waals surface area contributed by atoms with Gasteiger partial charge in [-0.2, -0.15) is 9.78 Å². The van der Waals surface area contributed by atoms with Crippen LogP contribution in [0.25, 0.3) is 27.8 Å². The topological polar surface area (TPSA) is 74.0 Å². The van der Waals surface area contributed by atoms with E-state index in [4.69, 9.17) is 0 Å². The van der Waals surface area contributed by atoms with Crippen molar-refractivity contribution in [1.29, 1.82) is 0 Å². The van der Waals surface area contributed by atoms with Crippen LogP contribution in [-0.4, -0.2) is 28.4 Å². The molecule has 1 aromatic carbocycles. The third kappa shape index (κ3) is 2.18. The summed E-state index contributed by atoms with van der Waals surface area (Å²) in [5.74, 6) is 0. The summed E-state index contributed by atoms with van der Waals surface area (Å²) in [6.45, 7) is 1.95. The minimum Gasteiger partial charge on any atom is -0.267 e. The van der Waals surface area contributed by atoms with Crippen LogP contribution in [0.5, 0.6) is 0 Å². The Kier molecular flexibility index (Phi) is 3.16. The zero-order valence-electron chi connectivity index (χ0n) is 12.9. The van der Waals surface area contributed by atoms with Crippen LogP contribution in [0.2, 0.25) is 0 Å². The molecule has 122 valence electrons. The number of para-hydroxylation sites is 1. The number of aromatic nitrogens is 3. The Morgan fingerprint density at radius 3 is 2.62 bits per heavy atom. The first-order valence-corrected chi connectivity index (χ1v) is 9.88. The van der Waals surface area contributed by atoms with E-state index in [0.29, 0.717) is 22.3 Å². The number of pyridine rings is 1. The van der Waals surface area contributed by atoms with Gasteiger partial charge in [0, 0.05) is 21.8 Å². The van der Waals surface area contributed by atoms with Crippen LogP contribution in [0.4, 0.5) is 0 Å². The van der Waals surface area contributed by atoms with Gasteiger partial charge in [-0.05, 0) is 19.1 Å². The summed E-state index contributed by atoms with van der Waals surface area (Å²) in [6, 6.07) is 8.91. The highest BCUT2D eigenvalue weighted by Crippen LogP contribution is 2.29. The molecule has 4 rings (SSSR count). The lowest BCUT2D eigenvalue weighted by molar-refractivity contribution is 0.595. The molecule has 6 nitrogen and oxygen atoms in total. The van der Waals surface area contributed by atoms with E-state index in [0.717, 1.165) is 15.1 Å². The smallest absolute Gasteiger partial charge is 0.267 e. The van der Waals surface area contributed by atoms with E-state index in [1.165, 1.54) is 22.2 Å². The van der Waals surface area contributed by atoms with E-state index in [1.807, 2.05) is 18.4 Å². The number of thiophene rings is 1. The van der Waals surface area contributed by atoms with Gasteiger partial charge in [0.15, 0.2) is 0 Å². The number of nitrogens with zero attached hydrogens (tertiary/aromatic N) is 3. The second-order valence-corrected chi connectivity index (χ2v) is 8.57. The van der Waals surface area contributed by atoms with Crippen LogP contribution in [0, 0.1) is 6.92 Å². The van der Waals surface area contributed by atoms with Crippen LogP contribution < -0.4 is 5.56 Å². The molecule has 0 radical (unpaired) electrons. The third-order valence-corrected chi connectivity index (χ3v) is 5.71. The molecule has 0 spiro atoms. The number of hydrogen-bond acceptors (Lipinski definition) is 5. The first-order chi connectivity index (χ1) is 11.4. The van der Waals surface area contributed by atoms with E-state index in [1.54, 1.807) is 24.3 Å². The fourth-order valence-electron chi connectivity index (χ4n) is 2.77. The lowest BCUT2D eigenvalue weighted by Gasteiger charge is -2.11. The Morgan fingerprint density at radius 1 is 1.21 bits per heavy atom. The number of aryl methyl sites for hydroxylation is 1. The lowest BCUT2D eigenvalue weighted by Crippen LogP contribution is -2.16. The Bertz CT molecular complexity index is 1220. The van der Waals surface area contributed by atoms with Gasteiger partial charge < -0.3 is 0 Å². The Labute approximate surface area is 142 Å². The minimum atomic E-state index is -3.55. The highest BCUT2D eigenvalue weighted by molar-refractivity contribution is 7.89. The summed E-state index contributed by atoms with van der Waals surface area (Å²) in [5, 5.41) is 6.93. The van der Waals surface area contributed by atoms with Crippen molar-refractivity contribution in [3.63, 3.8) is 0 Å². The van der Waals surface area contributed by atoms with E-state index in [-0.39, 0.29) is 11.1 Å². The normalized spacial score (nSPS) is 12.2. The van der Waals surface area contributed by atoms with Crippen LogP contribution >= 0.6 is 11.3 Å². The fourth-order valence-corrected chi connectivity index (χ4v) is 4.25. The Morgan fingerprint density at radius 2 is 1.96 bits per heavy atom. The Balaban J connectivity index is 2.17. The largest absolute Gasteiger partial charge is 0.282 e. The SMILES string of the molecule is Cc1cc(-n2nc3c4ccccc4n(S(C)(=O)=O)cc-3c2=O)cs1. The summed E-state index contributed by atoms with van der Waals surface area (Å²) in [4.78, 5) is 13.8. The van der Waals surface area contributed by atoms with Gasteiger partial charge in [0.05, 0.1) is 23.0 Å². The average molecular weight is 359 g/mol. The van der Waals surface area contributed by atoms with Crippen molar-refractivity contribution in [2.24, 2.45) is 0 Å². The number of benzene rings is 1. The minimum absolute atomic E-state index is 0.281. The van der Waals surface area contributed by atoms with Crippen molar-refractivity contribution < 1.29 is 8.42 Å². The monoisotopic (exact) mass is 359 g/mol. The molecule has 0 fully saturated rings. The molecule has 0 N–H and O–H groups in total. The zero-order valence-corrected chi connectivity index (χ0v) is 14.6. The summed E-state index contributed by atoms with van der Waals surface area (Å²) < 4.78 is 26.7. The van der Waals surface area contributed by atoms with E-state index in [9.17, 15) is 13.2 Å². The van der Waals surface area contributed by atoms with E-state index >= 15 is 0 Å². The molecular formula is C16H13N3O3S2. The van der Waals surface area contributed by atoms with Crippen molar-refractivity contribution >= 4 is 32.3 Å². The number of hydrogen-bond donors (Lipinski definition) is 0. The summed E-state index contributed by atoms with van der Waals surface area (Å²) in [7, 11) is -3.55. The summed E-state index contributed by atoms with van der Waals surface area (Å²) in [5.41, 5.74) is 1.64. The molecule has 0 saturated carbocycles. The molecule has 0 aliphatic carbocycles. The maximum atomic E-state index is 12.8. The van der Waals surface area contributed by atoms with E-state index < -0.39 is 10.0 Å². The van der Waals surface area contributed by atoms with Crippen molar-refractivity contribution in [2.75, 3.05) is 6.26 Å². The van der Waals surface area contributed by atoms with Crippen LogP contribution in [0.15, 0.2) is 46.7 Å². The number of fused-ring (bicyclic) bond motifs is 3. The molecule has 2 aromatic rings. The molecule has 0 atom stereocenters. The van der Waals surface area contributed by atoms with Crippen molar-refractivity contribution in [1.82, 2.24) is 13.8 Å². The van der Waals surface area contributed by atoms with Crippen LogP contribution in [-0.2, 0) is 10.0 Å².